The maximum atomic E-state index is 13.1. The van der Waals surface area contributed by atoms with Gasteiger partial charge in [-0.2, -0.15) is 19.3 Å². The van der Waals surface area contributed by atoms with Gasteiger partial charge < -0.3 is 11.1 Å². The minimum Gasteiger partial charge on any atom is -0.368 e. The molecule has 0 aliphatic carbocycles. The molecule has 0 amide bonds. The Morgan fingerprint density at radius 3 is 2.45 bits per heavy atom. The number of aryl methyl sites for hydroxylation is 2. The van der Waals surface area contributed by atoms with E-state index in [-0.39, 0.29) is 5.95 Å². The van der Waals surface area contributed by atoms with E-state index in [1.54, 1.807) is 16.4 Å². The number of anilines is 3. The summed E-state index contributed by atoms with van der Waals surface area (Å²) in [5.74, 6) is 1.09. The maximum Gasteiger partial charge on any atom is 0.243 e. The van der Waals surface area contributed by atoms with E-state index in [1.807, 2.05) is 50.2 Å². The molecule has 0 bridgehead atoms. The summed E-state index contributed by atoms with van der Waals surface area (Å²) in [5.41, 5.74) is 8.94. The van der Waals surface area contributed by atoms with Crippen molar-refractivity contribution in [2.24, 2.45) is 0 Å². The van der Waals surface area contributed by atoms with Crippen molar-refractivity contribution in [3.63, 3.8) is 0 Å². The third kappa shape index (κ3) is 5.65. The first-order valence-corrected chi connectivity index (χ1v) is 12.4. The van der Waals surface area contributed by atoms with Gasteiger partial charge in [0, 0.05) is 25.3 Å². The van der Waals surface area contributed by atoms with E-state index in [4.69, 9.17) is 5.73 Å². The molecule has 1 aliphatic heterocycles. The first kappa shape index (κ1) is 23.1. The number of hydrogen-bond donors (Lipinski definition) is 2. The molecular formula is C23H29N7O2S. The minimum absolute atomic E-state index is 0.148. The molecule has 10 heteroatoms. The van der Waals surface area contributed by atoms with Crippen molar-refractivity contribution in [1.29, 1.82) is 0 Å². The van der Waals surface area contributed by atoms with Gasteiger partial charge in [-0.05, 0) is 50.6 Å². The SMILES string of the molecule is Cc1ccc(S(=O)(=O)N2CCCN(Cc3nc(N)nc(Nc4ccccc4C)n3)CC2)cc1. The van der Waals surface area contributed by atoms with Crippen LogP contribution in [0.3, 0.4) is 0 Å². The number of nitrogens with two attached hydrogens (primary N) is 1. The Balaban J connectivity index is 1.43. The third-order valence-corrected chi connectivity index (χ3v) is 7.57. The highest BCUT2D eigenvalue weighted by Gasteiger charge is 2.27. The van der Waals surface area contributed by atoms with Gasteiger partial charge in [0.1, 0.15) is 5.82 Å². The largest absolute Gasteiger partial charge is 0.368 e. The van der Waals surface area contributed by atoms with E-state index in [9.17, 15) is 8.42 Å². The van der Waals surface area contributed by atoms with Crippen LogP contribution >= 0.6 is 0 Å². The van der Waals surface area contributed by atoms with Crippen LogP contribution in [0.15, 0.2) is 53.4 Å². The predicted molar refractivity (Wildman–Crippen MR) is 129 cm³/mol. The molecule has 0 radical (unpaired) electrons. The Morgan fingerprint density at radius 2 is 1.70 bits per heavy atom. The van der Waals surface area contributed by atoms with E-state index < -0.39 is 10.0 Å². The zero-order chi connectivity index (χ0) is 23.4. The van der Waals surface area contributed by atoms with Gasteiger partial charge in [0.2, 0.25) is 21.9 Å². The van der Waals surface area contributed by atoms with Crippen molar-refractivity contribution < 1.29 is 8.42 Å². The Hall–Kier alpha value is -3.08. The van der Waals surface area contributed by atoms with Crippen LogP contribution in [0.5, 0.6) is 0 Å². The van der Waals surface area contributed by atoms with Crippen molar-refractivity contribution >= 4 is 27.6 Å². The molecule has 1 saturated heterocycles. The fourth-order valence-electron chi connectivity index (χ4n) is 3.80. The first-order chi connectivity index (χ1) is 15.8. The summed E-state index contributed by atoms with van der Waals surface area (Å²) in [7, 11) is -3.52. The van der Waals surface area contributed by atoms with E-state index in [0.29, 0.717) is 42.8 Å². The number of para-hydroxylation sites is 1. The van der Waals surface area contributed by atoms with E-state index in [1.165, 1.54) is 0 Å². The van der Waals surface area contributed by atoms with Gasteiger partial charge in [-0.15, -0.1) is 0 Å². The summed E-state index contributed by atoms with van der Waals surface area (Å²) in [4.78, 5) is 15.5. The van der Waals surface area contributed by atoms with Crippen LogP contribution in [0.1, 0.15) is 23.4 Å². The molecule has 0 spiro atoms. The highest BCUT2D eigenvalue weighted by molar-refractivity contribution is 7.89. The molecule has 1 fully saturated rings. The molecule has 2 heterocycles. The molecule has 1 aromatic heterocycles. The first-order valence-electron chi connectivity index (χ1n) is 10.9. The summed E-state index contributed by atoms with van der Waals surface area (Å²) in [5, 5.41) is 3.20. The van der Waals surface area contributed by atoms with E-state index >= 15 is 0 Å². The molecule has 0 atom stereocenters. The molecular weight excluding hydrogens is 438 g/mol. The lowest BCUT2D eigenvalue weighted by Gasteiger charge is -2.21. The summed E-state index contributed by atoms with van der Waals surface area (Å²) < 4.78 is 27.7. The molecule has 9 nitrogen and oxygen atoms in total. The number of benzene rings is 2. The van der Waals surface area contributed by atoms with Crippen molar-refractivity contribution in [2.45, 2.75) is 31.7 Å². The number of nitrogen functional groups attached to an aromatic ring is 1. The van der Waals surface area contributed by atoms with Crippen LogP contribution in [0, 0.1) is 13.8 Å². The molecule has 3 N–H and O–H groups in total. The summed E-state index contributed by atoms with van der Waals surface area (Å²) >= 11 is 0. The van der Waals surface area contributed by atoms with E-state index in [2.05, 4.69) is 25.2 Å². The Kier molecular flexibility index (Phi) is 6.87. The van der Waals surface area contributed by atoms with Crippen LogP contribution < -0.4 is 11.1 Å². The zero-order valence-electron chi connectivity index (χ0n) is 18.9. The second-order valence-electron chi connectivity index (χ2n) is 8.22. The quantitative estimate of drug-likeness (QED) is 0.568. The molecule has 2 aromatic carbocycles. The van der Waals surface area contributed by atoms with Crippen LogP contribution in [-0.2, 0) is 16.6 Å². The lowest BCUT2D eigenvalue weighted by atomic mass is 10.2. The third-order valence-electron chi connectivity index (χ3n) is 5.66. The molecule has 4 rings (SSSR count). The summed E-state index contributed by atoms with van der Waals surface area (Å²) in [6.07, 6.45) is 0.722. The standard InChI is InChI=1S/C23H29N7O2S/c1-17-8-10-19(11-9-17)33(31,32)30-13-5-12-29(14-15-30)16-21-26-22(24)28-23(27-21)25-20-7-4-3-6-18(20)2/h3-4,6-11H,5,12-16H2,1-2H3,(H3,24,25,26,27,28). The predicted octanol–water partition coefficient (Wildman–Crippen LogP) is 2.71. The maximum absolute atomic E-state index is 13.1. The van der Waals surface area contributed by atoms with Crippen molar-refractivity contribution in [1.82, 2.24) is 24.2 Å². The summed E-state index contributed by atoms with van der Waals surface area (Å²) in [6, 6.07) is 14.8. The minimum atomic E-state index is -3.52. The van der Waals surface area contributed by atoms with Gasteiger partial charge in [-0.1, -0.05) is 35.9 Å². The van der Waals surface area contributed by atoms with E-state index in [0.717, 1.165) is 29.8 Å². The smallest absolute Gasteiger partial charge is 0.243 e. The summed E-state index contributed by atoms with van der Waals surface area (Å²) in [6.45, 7) is 6.62. The van der Waals surface area contributed by atoms with Crippen LogP contribution in [-0.4, -0.2) is 58.8 Å². The van der Waals surface area contributed by atoms with Crippen LogP contribution in [0.2, 0.25) is 0 Å². The van der Waals surface area contributed by atoms with Crippen molar-refractivity contribution in [2.75, 3.05) is 37.2 Å². The van der Waals surface area contributed by atoms with Gasteiger partial charge in [0.25, 0.3) is 0 Å². The average Bonchev–Trinajstić information content (AvgIpc) is 3.01. The second-order valence-corrected chi connectivity index (χ2v) is 10.2. The Morgan fingerprint density at radius 1 is 0.939 bits per heavy atom. The molecule has 174 valence electrons. The topological polar surface area (TPSA) is 117 Å². The number of nitrogens with zero attached hydrogens (tertiary/aromatic N) is 5. The number of aromatic nitrogens is 3. The molecule has 3 aromatic rings. The monoisotopic (exact) mass is 467 g/mol. The van der Waals surface area contributed by atoms with Crippen LogP contribution in [0.25, 0.3) is 0 Å². The fourth-order valence-corrected chi connectivity index (χ4v) is 5.27. The molecule has 0 unspecified atom stereocenters. The van der Waals surface area contributed by atoms with Gasteiger partial charge in [0.05, 0.1) is 11.4 Å². The number of nitrogens with one attached hydrogen (secondary N) is 1. The Bertz CT molecular complexity index is 1220. The fraction of sp³-hybridized carbons (Fsp3) is 0.348. The molecule has 1 aliphatic rings. The van der Waals surface area contributed by atoms with Crippen LogP contribution in [0.4, 0.5) is 17.6 Å². The average molecular weight is 468 g/mol. The molecule has 0 saturated carbocycles. The lowest BCUT2D eigenvalue weighted by molar-refractivity contribution is 0.272. The second kappa shape index (κ2) is 9.82. The molecule has 33 heavy (non-hydrogen) atoms. The highest BCUT2D eigenvalue weighted by atomic mass is 32.2. The normalized spacial score (nSPS) is 15.8. The number of rotatable bonds is 6. The van der Waals surface area contributed by atoms with Gasteiger partial charge >= 0.3 is 0 Å². The van der Waals surface area contributed by atoms with Crippen molar-refractivity contribution in [3.8, 4) is 0 Å². The zero-order valence-corrected chi connectivity index (χ0v) is 19.7. The number of hydrogen-bond acceptors (Lipinski definition) is 8. The van der Waals surface area contributed by atoms with Gasteiger partial charge in [-0.25, -0.2) is 8.42 Å². The number of sulfonamides is 1. The Labute approximate surface area is 194 Å². The van der Waals surface area contributed by atoms with Gasteiger partial charge in [0.15, 0.2) is 0 Å². The highest BCUT2D eigenvalue weighted by Crippen LogP contribution is 2.20. The van der Waals surface area contributed by atoms with Crippen molar-refractivity contribution in [3.05, 3.63) is 65.5 Å². The van der Waals surface area contributed by atoms with Gasteiger partial charge in [-0.3, -0.25) is 4.90 Å². The lowest BCUT2D eigenvalue weighted by Crippen LogP contribution is -2.35.